The third-order valence-electron chi connectivity index (χ3n) is 4.60. The first kappa shape index (κ1) is 27.0. The van der Waals surface area contributed by atoms with Gasteiger partial charge >= 0.3 is 5.97 Å². The van der Waals surface area contributed by atoms with E-state index in [9.17, 15) is 29.4 Å². The highest BCUT2D eigenvalue weighted by Gasteiger charge is 2.33. The van der Waals surface area contributed by atoms with Crippen LogP contribution in [0.4, 0.5) is 0 Å². The standard InChI is InChI=1S/C20H30N4O8/c1-10(26)15(21)18(29)22-13(8-12-6-4-3-5-7-12)17(28)24-16(11(2)27)19(30)23-14(9-25)20(31)32/h3-7,10-11,13-16,25-27H,8-9,21H2,1-2H3,(H,22,29)(H,23,30)(H,24,28)(H,31,32). The van der Waals surface area contributed by atoms with Crippen molar-refractivity contribution in [1.29, 1.82) is 0 Å². The van der Waals surface area contributed by atoms with E-state index in [4.69, 9.17) is 15.9 Å². The largest absolute Gasteiger partial charge is 0.480 e. The van der Waals surface area contributed by atoms with E-state index < -0.39 is 66.7 Å². The van der Waals surface area contributed by atoms with Gasteiger partial charge in [-0.1, -0.05) is 30.3 Å². The van der Waals surface area contributed by atoms with Gasteiger partial charge in [-0.3, -0.25) is 14.4 Å². The van der Waals surface area contributed by atoms with E-state index in [1.807, 2.05) is 5.32 Å². The molecule has 6 atom stereocenters. The van der Waals surface area contributed by atoms with Gasteiger partial charge in [0.15, 0.2) is 0 Å². The number of carboxylic acids is 1. The number of nitrogens with one attached hydrogen (secondary N) is 3. The Hall–Kier alpha value is -3.06. The molecule has 0 heterocycles. The number of hydrogen-bond donors (Lipinski definition) is 8. The average molecular weight is 454 g/mol. The molecule has 6 unspecified atom stereocenters. The fraction of sp³-hybridized carbons (Fsp3) is 0.500. The van der Waals surface area contributed by atoms with Gasteiger partial charge in [0.25, 0.3) is 0 Å². The molecule has 0 saturated heterocycles. The van der Waals surface area contributed by atoms with Crippen LogP contribution in [0.25, 0.3) is 0 Å². The second-order valence-corrected chi connectivity index (χ2v) is 7.33. The van der Waals surface area contributed by atoms with Crippen LogP contribution >= 0.6 is 0 Å². The van der Waals surface area contributed by atoms with Gasteiger partial charge in [0.05, 0.1) is 18.8 Å². The summed E-state index contributed by atoms with van der Waals surface area (Å²) < 4.78 is 0. The predicted octanol–water partition coefficient (Wildman–Crippen LogP) is -3.15. The second-order valence-electron chi connectivity index (χ2n) is 7.33. The minimum absolute atomic E-state index is 0.00742. The van der Waals surface area contributed by atoms with Gasteiger partial charge in [-0.25, -0.2) is 4.79 Å². The van der Waals surface area contributed by atoms with Gasteiger partial charge in [-0.2, -0.15) is 0 Å². The molecule has 9 N–H and O–H groups in total. The van der Waals surface area contributed by atoms with E-state index >= 15 is 0 Å². The highest BCUT2D eigenvalue weighted by atomic mass is 16.4. The van der Waals surface area contributed by atoms with Gasteiger partial charge < -0.3 is 42.1 Å². The van der Waals surface area contributed by atoms with Crippen LogP contribution in [0.3, 0.4) is 0 Å². The molecule has 0 aliphatic heterocycles. The van der Waals surface area contributed by atoms with Crippen LogP contribution in [0.15, 0.2) is 30.3 Å². The van der Waals surface area contributed by atoms with Crippen LogP contribution in [0, 0.1) is 0 Å². The van der Waals surface area contributed by atoms with Crippen molar-refractivity contribution in [2.45, 2.75) is 56.6 Å². The minimum Gasteiger partial charge on any atom is -0.480 e. The molecule has 1 aromatic carbocycles. The Bertz CT molecular complexity index is 787. The molecule has 32 heavy (non-hydrogen) atoms. The van der Waals surface area contributed by atoms with Gasteiger partial charge in [0, 0.05) is 6.42 Å². The summed E-state index contributed by atoms with van der Waals surface area (Å²) in [5, 5.41) is 44.2. The fourth-order valence-corrected chi connectivity index (χ4v) is 2.65. The molecule has 178 valence electrons. The van der Waals surface area contributed by atoms with Gasteiger partial charge in [0.2, 0.25) is 17.7 Å². The minimum atomic E-state index is -1.63. The Morgan fingerprint density at radius 1 is 0.875 bits per heavy atom. The van der Waals surface area contributed by atoms with Gasteiger partial charge in [-0.05, 0) is 19.4 Å². The molecule has 1 rings (SSSR count). The summed E-state index contributed by atoms with van der Waals surface area (Å²) in [6, 6.07) is 2.88. The Morgan fingerprint density at radius 2 is 1.44 bits per heavy atom. The zero-order chi connectivity index (χ0) is 24.4. The van der Waals surface area contributed by atoms with Gasteiger partial charge in [0.1, 0.15) is 24.2 Å². The normalized spacial score (nSPS) is 16.6. The molecule has 0 spiro atoms. The number of benzene rings is 1. The molecule has 0 radical (unpaired) electrons. The number of aliphatic hydroxyl groups is 3. The SMILES string of the molecule is CC(O)C(N)C(=O)NC(Cc1ccccc1)C(=O)NC(C(=O)NC(CO)C(=O)O)C(C)O. The number of carbonyl (C=O) groups is 4. The lowest BCUT2D eigenvalue weighted by atomic mass is 10.0. The van der Waals surface area contributed by atoms with Crippen molar-refractivity contribution in [2.75, 3.05) is 6.61 Å². The first-order valence-corrected chi connectivity index (χ1v) is 9.88. The molecule has 0 aliphatic rings. The Labute approximate surface area is 184 Å². The highest BCUT2D eigenvalue weighted by molar-refractivity contribution is 5.94. The molecule has 0 bridgehead atoms. The molecule has 0 aliphatic carbocycles. The first-order valence-electron chi connectivity index (χ1n) is 9.88. The number of carboxylic acid groups (broad SMARTS) is 1. The van der Waals surface area contributed by atoms with Crippen LogP contribution < -0.4 is 21.7 Å². The van der Waals surface area contributed by atoms with Gasteiger partial charge in [-0.15, -0.1) is 0 Å². The maximum atomic E-state index is 12.9. The maximum Gasteiger partial charge on any atom is 0.328 e. The Morgan fingerprint density at radius 3 is 1.91 bits per heavy atom. The predicted molar refractivity (Wildman–Crippen MR) is 112 cm³/mol. The number of amides is 3. The van der Waals surface area contributed by atoms with E-state index in [1.165, 1.54) is 13.8 Å². The lowest BCUT2D eigenvalue weighted by Gasteiger charge is -2.26. The topological polar surface area (TPSA) is 211 Å². The second kappa shape index (κ2) is 12.7. The monoisotopic (exact) mass is 454 g/mol. The summed E-state index contributed by atoms with van der Waals surface area (Å²) >= 11 is 0. The summed E-state index contributed by atoms with van der Waals surface area (Å²) in [7, 11) is 0. The number of rotatable bonds is 12. The van der Waals surface area contributed by atoms with E-state index in [-0.39, 0.29) is 6.42 Å². The number of aliphatic hydroxyl groups excluding tert-OH is 3. The lowest BCUT2D eigenvalue weighted by molar-refractivity contribution is -0.144. The van der Waals surface area contributed by atoms with Crippen LogP contribution in [-0.2, 0) is 25.6 Å². The number of hydrogen-bond acceptors (Lipinski definition) is 8. The Kier molecular flexibility index (Phi) is 10.7. The molecule has 12 heteroatoms. The van der Waals surface area contributed by atoms with Crippen LogP contribution in [0.1, 0.15) is 19.4 Å². The van der Waals surface area contributed by atoms with Crippen LogP contribution in [0.5, 0.6) is 0 Å². The number of aliphatic carboxylic acids is 1. The third kappa shape index (κ3) is 8.23. The fourth-order valence-electron chi connectivity index (χ4n) is 2.65. The molecular weight excluding hydrogens is 424 g/mol. The van der Waals surface area contributed by atoms with Crippen molar-refractivity contribution < 1.29 is 39.6 Å². The van der Waals surface area contributed by atoms with Crippen molar-refractivity contribution in [3.8, 4) is 0 Å². The van der Waals surface area contributed by atoms with E-state index in [0.717, 1.165) is 0 Å². The van der Waals surface area contributed by atoms with E-state index in [0.29, 0.717) is 5.56 Å². The Balaban J connectivity index is 3.05. The van der Waals surface area contributed by atoms with Crippen molar-refractivity contribution >= 4 is 23.7 Å². The zero-order valence-corrected chi connectivity index (χ0v) is 17.8. The summed E-state index contributed by atoms with van der Waals surface area (Å²) in [6.07, 6.45) is -2.61. The lowest BCUT2D eigenvalue weighted by Crippen LogP contribution is -2.61. The molecule has 0 saturated carbocycles. The van der Waals surface area contributed by atoms with Crippen LogP contribution in [-0.4, -0.2) is 87.1 Å². The smallest absolute Gasteiger partial charge is 0.328 e. The molecule has 0 fully saturated rings. The zero-order valence-electron chi connectivity index (χ0n) is 17.8. The highest BCUT2D eigenvalue weighted by Crippen LogP contribution is 2.06. The first-order chi connectivity index (χ1) is 15.0. The van der Waals surface area contributed by atoms with Crippen molar-refractivity contribution in [2.24, 2.45) is 5.73 Å². The number of carbonyl (C=O) groups excluding carboxylic acids is 3. The number of nitrogens with two attached hydrogens (primary N) is 1. The molecule has 1 aromatic rings. The van der Waals surface area contributed by atoms with Crippen molar-refractivity contribution in [3.63, 3.8) is 0 Å². The summed E-state index contributed by atoms with van der Waals surface area (Å²) in [5.74, 6) is -4.20. The summed E-state index contributed by atoms with van der Waals surface area (Å²) in [5.41, 5.74) is 6.29. The van der Waals surface area contributed by atoms with Crippen molar-refractivity contribution in [1.82, 2.24) is 16.0 Å². The molecule has 0 aromatic heterocycles. The van der Waals surface area contributed by atoms with Crippen molar-refractivity contribution in [3.05, 3.63) is 35.9 Å². The molecule has 3 amide bonds. The molecular formula is C20H30N4O8. The van der Waals surface area contributed by atoms with Crippen LogP contribution in [0.2, 0.25) is 0 Å². The van der Waals surface area contributed by atoms with E-state index in [2.05, 4.69) is 10.6 Å². The average Bonchev–Trinajstić information content (AvgIpc) is 2.74. The third-order valence-corrected chi connectivity index (χ3v) is 4.60. The summed E-state index contributed by atoms with van der Waals surface area (Å²) in [4.78, 5) is 48.6. The maximum absolute atomic E-state index is 12.9. The quantitative estimate of drug-likeness (QED) is 0.160. The van der Waals surface area contributed by atoms with E-state index in [1.54, 1.807) is 30.3 Å². The summed E-state index contributed by atoms with van der Waals surface area (Å²) in [6.45, 7) is 1.61. The molecule has 12 nitrogen and oxygen atoms in total.